The summed E-state index contributed by atoms with van der Waals surface area (Å²) in [5.41, 5.74) is 0. The minimum absolute atomic E-state index is 0.0351. The molecule has 3 atom stereocenters. The number of hydrogen-bond acceptors (Lipinski definition) is 6. The lowest BCUT2D eigenvalue weighted by molar-refractivity contribution is -0.146. The number of thiophene rings is 1. The number of nitrogens with zero attached hydrogens (tertiary/aromatic N) is 1. The second-order valence-corrected chi connectivity index (χ2v) is 7.90. The van der Waals surface area contributed by atoms with Crippen LogP contribution in [-0.2, 0) is 20.9 Å². The minimum atomic E-state index is -0.516. The van der Waals surface area contributed by atoms with Gasteiger partial charge in [0.1, 0.15) is 6.04 Å². The van der Waals surface area contributed by atoms with Crippen LogP contribution in [0.3, 0.4) is 0 Å². The molecule has 0 bridgehead atoms. The van der Waals surface area contributed by atoms with Crippen molar-refractivity contribution in [3.8, 4) is 0 Å². The minimum Gasteiger partial charge on any atom is -0.468 e. The maximum atomic E-state index is 12.3. The number of ether oxygens (including phenoxy) is 1. The third-order valence-corrected chi connectivity index (χ3v) is 6.15. The number of likely N-dealkylation sites (tertiary alicyclic amines) is 1. The van der Waals surface area contributed by atoms with E-state index >= 15 is 0 Å². The van der Waals surface area contributed by atoms with E-state index < -0.39 is 18.0 Å². The van der Waals surface area contributed by atoms with Gasteiger partial charge in [-0.15, -0.1) is 11.3 Å². The summed E-state index contributed by atoms with van der Waals surface area (Å²) in [4.78, 5) is 39.3. The SMILES string of the molecule is COC(=O)[C@@H]1C[C@@H]2CCCC[C@H]2N1CC(=O)NC(=O)NCc1cccs1. The Morgan fingerprint density at radius 1 is 1.31 bits per heavy atom. The van der Waals surface area contributed by atoms with E-state index in [-0.39, 0.29) is 18.6 Å². The Bertz CT molecular complexity index is 649. The maximum Gasteiger partial charge on any atom is 0.323 e. The molecule has 1 aromatic heterocycles. The highest BCUT2D eigenvalue weighted by atomic mass is 32.1. The number of imide groups is 1. The first-order chi connectivity index (χ1) is 12.6. The molecule has 0 spiro atoms. The molecule has 142 valence electrons. The lowest BCUT2D eigenvalue weighted by atomic mass is 9.85. The fourth-order valence-corrected chi connectivity index (χ4v) is 4.75. The lowest BCUT2D eigenvalue weighted by Gasteiger charge is -2.32. The van der Waals surface area contributed by atoms with Gasteiger partial charge in [-0.2, -0.15) is 0 Å². The fraction of sp³-hybridized carbons (Fsp3) is 0.611. The molecule has 3 amide bonds. The molecule has 1 saturated heterocycles. The predicted octanol–water partition coefficient (Wildman–Crippen LogP) is 1.88. The van der Waals surface area contributed by atoms with Gasteiger partial charge < -0.3 is 10.1 Å². The highest BCUT2D eigenvalue weighted by Crippen LogP contribution is 2.39. The Kier molecular flexibility index (Phi) is 6.26. The van der Waals surface area contributed by atoms with E-state index in [0.717, 1.165) is 30.6 Å². The van der Waals surface area contributed by atoms with Gasteiger partial charge in [-0.1, -0.05) is 18.9 Å². The Hall–Kier alpha value is -1.93. The van der Waals surface area contributed by atoms with Crippen LogP contribution in [0.5, 0.6) is 0 Å². The molecule has 1 aromatic rings. The summed E-state index contributed by atoms with van der Waals surface area (Å²) in [5.74, 6) is -0.267. The second kappa shape index (κ2) is 8.64. The zero-order valence-corrected chi connectivity index (χ0v) is 15.7. The molecule has 1 aliphatic heterocycles. The van der Waals surface area contributed by atoms with E-state index in [9.17, 15) is 14.4 Å². The fourth-order valence-electron chi connectivity index (χ4n) is 4.10. The molecule has 0 aromatic carbocycles. The summed E-state index contributed by atoms with van der Waals surface area (Å²) in [7, 11) is 1.38. The number of rotatable bonds is 5. The van der Waals surface area contributed by atoms with Crippen molar-refractivity contribution in [1.82, 2.24) is 15.5 Å². The number of urea groups is 1. The number of esters is 1. The largest absolute Gasteiger partial charge is 0.468 e. The van der Waals surface area contributed by atoms with Crippen LogP contribution in [0, 0.1) is 5.92 Å². The molecule has 1 aliphatic carbocycles. The van der Waals surface area contributed by atoms with Gasteiger partial charge in [0.2, 0.25) is 5.91 Å². The molecule has 1 saturated carbocycles. The zero-order valence-electron chi connectivity index (χ0n) is 14.9. The summed E-state index contributed by atoms with van der Waals surface area (Å²) in [6.45, 7) is 0.420. The second-order valence-electron chi connectivity index (χ2n) is 6.87. The Morgan fingerprint density at radius 2 is 2.12 bits per heavy atom. The van der Waals surface area contributed by atoms with Crippen molar-refractivity contribution in [2.24, 2.45) is 5.92 Å². The molecular formula is C18H25N3O4S. The van der Waals surface area contributed by atoms with Crippen LogP contribution in [0.1, 0.15) is 37.0 Å². The monoisotopic (exact) mass is 379 g/mol. The van der Waals surface area contributed by atoms with Crippen LogP contribution in [0.15, 0.2) is 17.5 Å². The van der Waals surface area contributed by atoms with Gasteiger partial charge in [0.25, 0.3) is 0 Å². The highest BCUT2D eigenvalue weighted by molar-refractivity contribution is 7.09. The number of fused-ring (bicyclic) bond motifs is 1. The highest BCUT2D eigenvalue weighted by Gasteiger charge is 2.46. The molecular weight excluding hydrogens is 354 g/mol. The van der Waals surface area contributed by atoms with Gasteiger partial charge in [-0.3, -0.25) is 19.8 Å². The van der Waals surface area contributed by atoms with E-state index in [1.165, 1.54) is 13.5 Å². The van der Waals surface area contributed by atoms with Gasteiger partial charge in [-0.25, -0.2) is 4.79 Å². The molecule has 3 rings (SSSR count). The normalized spacial score (nSPS) is 25.3. The predicted molar refractivity (Wildman–Crippen MR) is 97.6 cm³/mol. The van der Waals surface area contributed by atoms with Crippen molar-refractivity contribution in [3.05, 3.63) is 22.4 Å². The van der Waals surface area contributed by atoms with E-state index in [1.807, 2.05) is 22.4 Å². The lowest BCUT2D eigenvalue weighted by Crippen LogP contribution is -2.50. The molecule has 2 aliphatic rings. The van der Waals surface area contributed by atoms with Gasteiger partial charge in [0.15, 0.2) is 0 Å². The Balaban J connectivity index is 1.55. The number of amides is 3. The van der Waals surface area contributed by atoms with E-state index in [4.69, 9.17) is 4.74 Å². The average Bonchev–Trinajstić information content (AvgIpc) is 3.27. The molecule has 0 unspecified atom stereocenters. The Labute approximate surface area is 157 Å². The molecule has 2 fully saturated rings. The number of carbonyl (C=O) groups excluding carboxylic acids is 3. The van der Waals surface area contributed by atoms with Crippen molar-refractivity contribution in [1.29, 1.82) is 0 Å². The van der Waals surface area contributed by atoms with Gasteiger partial charge in [-0.05, 0) is 36.6 Å². The van der Waals surface area contributed by atoms with Crippen molar-refractivity contribution in [2.75, 3.05) is 13.7 Å². The summed E-state index contributed by atoms with van der Waals surface area (Å²) >= 11 is 1.54. The quantitative estimate of drug-likeness (QED) is 0.763. The summed E-state index contributed by atoms with van der Waals surface area (Å²) in [5, 5.41) is 6.97. The number of methoxy groups -OCH3 is 1. The van der Waals surface area contributed by atoms with Crippen molar-refractivity contribution in [3.63, 3.8) is 0 Å². The third kappa shape index (κ3) is 4.42. The molecule has 7 nitrogen and oxygen atoms in total. The summed E-state index contributed by atoms with van der Waals surface area (Å²) in [6.07, 6.45) is 5.07. The maximum absolute atomic E-state index is 12.3. The van der Waals surface area contributed by atoms with Crippen LogP contribution in [0.4, 0.5) is 4.79 Å². The Morgan fingerprint density at radius 3 is 2.85 bits per heavy atom. The van der Waals surface area contributed by atoms with Crippen molar-refractivity contribution < 1.29 is 19.1 Å². The van der Waals surface area contributed by atoms with Crippen LogP contribution < -0.4 is 10.6 Å². The van der Waals surface area contributed by atoms with Gasteiger partial charge in [0, 0.05) is 10.9 Å². The average molecular weight is 379 g/mol. The molecule has 0 radical (unpaired) electrons. The third-order valence-electron chi connectivity index (χ3n) is 5.28. The standard InChI is InChI=1S/C18H25N3O4S/c1-25-17(23)15-9-12-5-2-3-7-14(12)21(15)11-16(22)20-18(24)19-10-13-6-4-8-26-13/h4,6,8,12,14-15H,2-3,5,7,9-11H2,1H3,(H2,19,20,22,24)/t12-,14+,15-/m0/s1. The molecule has 2 heterocycles. The van der Waals surface area contributed by atoms with Crippen LogP contribution >= 0.6 is 11.3 Å². The van der Waals surface area contributed by atoms with E-state index in [0.29, 0.717) is 12.5 Å². The first-order valence-corrected chi connectivity index (χ1v) is 9.90. The van der Waals surface area contributed by atoms with Crippen molar-refractivity contribution >= 4 is 29.2 Å². The molecule has 26 heavy (non-hydrogen) atoms. The number of hydrogen-bond donors (Lipinski definition) is 2. The summed E-state index contributed by atoms with van der Waals surface area (Å²) < 4.78 is 4.92. The smallest absolute Gasteiger partial charge is 0.323 e. The van der Waals surface area contributed by atoms with E-state index in [1.54, 1.807) is 11.3 Å². The number of nitrogens with one attached hydrogen (secondary N) is 2. The molecule has 8 heteroatoms. The zero-order chi connectivity index (χ0) is 18.5. The van der Waals surface area contributed by atoms with Crippen molar-refractivity contribution in [2.45, 2.75) is 50.7 Å². The first-order valence-electron chi connectivity index (χ1n) is 9.02. The molecule has 2 N–H and O–H groups in total. The topological polar surface area (TPSA) is 87.7 Å². The first kappa shape index (κ1) is 18.8. The van der Waals surface area contributed by atoms with Crippen LogP contribution in [0.25, 0.3) is 0 Å². The van der Waals surface area contributed by atoms with Gasteiger partial charge in [0.05, 0.1) is 20.2 Å². The van der Waals surface area contributed by atoms with Crippen LogP contribution in [-0.4, -0.2) is 48.5 Å². The van der Waals surface area contributed by atoms with E-state index in [2.05, 4.69) is 10.6 Å². The van der Waals surface area contributed by atoms with Gasteiger partial charge >= 0.3 is 12.0 Å². The summed E-state index contributed by atoms with van der Waals surface area (Å²) in [6, 6.07) is 3.13. The van der Waals surface area contributed by atoms with Crippen LogP contribution in [0.2, 0.25) is 0 Å². The number of carbonyl (C=O) groups is 3.